The van der Waals surface area contributed by atoms with Gasteiger partial charge in [0, 0.05) is 25.2 Å². The summed E-state index contributed by atoms with van der Waals surface area (Å²) >= 11 is 0. The second kappa shape index (κ2) is 5.89. The van der Waals surface area contributed by atoms with Crippen LogP contribution in [0.3, 0.4) is 0 Å². The van der Waals surface area contributed by atoms with E-state index in [2.05, 4.69) is 9.80 Å². The van der Waals surface area contributed by atoms with Crippen molar-refractivity contribution in [2.24, 2.45) is 0 Å². The fraction of sp³-hybridized carbons (Fsp3) is 1.00. The van der Waals surface area contributed by atoms with Gasteiger partial charge < -0.3 is 5.11 Å². The Morgan fingerprint density at radius 2 is 1.56 bits per heavy atom. The van der Waals surface area contributed by atoms with Gasteiger partial charge in [-0.15, -0.1) is 0 Å². The number of piperidine rings is 1. The standard InChI is InChI=1S/C15H28N2O/c18-15-6-4-5-13(11-15)17-10-7-14(12-17)16-8-2-1-3-9-16/h13-15,18H,1-12H2. The topological polar surface area (TPSA) is 26.7 Å². The SMILES string of the molecule is OC1CCCC(N2CCC(N3CCCCC3)C2)C1. The Morgan fingerprint density at radius 3 is 2.33 bits per heavy atom. The molecule has 18 heavy (non-hydrogen) atoms. The fourth-order valence-corrected chi connectivity index (χ4v) is 4.15. The lowest BCUT2D eigenvalue weighted by molar-refractivity contribution is 0.0667. The average molecular weight is 252 g/mol. The first-order valence-electron chi connectivity index (χ1n) is 7.99. The summed E-state index contributed by atoms with van der Waals surface area (Å²) in [5.74, 6) is 0. The van der Waals surface area contributed by atoms with E-state index in [9.17, 15) is 5.11 Å². The van der Waals surface area contributed by atoms with Crippen LogP contribution in [0.4, 0.5) is 0 Å². The number of nitrogens with zero attached hydrogens (tertiary/aromatic N) is 2. The third kappa shape index (κ3) is 2.89. The van der Waals surface area contributed by atoms with Crippen LogP contribution in [0.15, 0.2) is 0 Å². The highest BCUT2D eigenvalue weighted by molar-refractivity contribution is 4.90. The minimum Gasteiger partial charge on any atom is -0.393 e. The van der Waals surface area contributed by atoms with Crippen molar-refractivity contribution >= 4 is 0 Å². The summed E-state index contributed by atoms with van der Waals surface area (Å²) in [6, 6.07) is 1.48. The van der Waals surface area contributed by atoms with Crippen molar-refractivity contribution in [3.63, 3.8) is 0 Å². The van der Waals surface area contributed by atoms with E-state index in [0.29, 0.717) is 6.04 Å². The third-order valence-corrected chi connectivity index (χ3v) is 5.24. The van der Waals surface area contributed by atoms with Gasteiger partial charge in [-0.3, -0.25) is 9.80 Å². The first-order valence-corrected chi connectivity index (χ1v) is 7.99. The molecule has 0 aromatic heterocycles. The van der Waals surface area contributed by atoms with Gasteiger partial charge in [0.1, 0.15) is 0 Å². The fourth-order valence-electron chi connectivity index (χ4n) is 4.15. The average Bonchev–Trinajstić information content (AvgIpc) is 2.89. The molecule has 0 radical (unpaired) electrons. The summed E-state index contributed by atoms with van der Waals surface area (Å²) in [5.41, 5.74) is 0. The molecule has 0 spiro atoms. The second-order valence-electron chi connectivity index (χ2n) is 6.51. The number of likely N-dealkylation sites (tertiary alicyclic amines) is 2. The van der Waals surface area contributed by atoms with Gasteiger partial charge in [-0.2, -0.15) is 0 Å². The van der Waals surface area contributed by atoms with E-state index >= 15 is 0 Å². The van der Waals surface area contributed by atoms with Crippen LogP contribution < -0.4 is 0 Å². The van der Waals surface area contributed by atoms with Crippen molar-refractivity contribution in [2.75, 3.05) is 26.2 Å². The minimum absolute atomic E-state index is 0.0298. The van der Waals surface area contributed by atoms with Crippen molar-refractivity contribution in [1.29, 1.82) is 0 Å². The lowest BCUT2D eigenvalue weighted by Gasteiger charge is -2.35. The van der Waals surface area contributed by atoms with Crippen LogP contribution in [0.1, 0.15) is 51.4 Å². The molecule has 3 unspecified atom stereocenters. The lowest BCUT2D eigenvalue weighted by Crippen LogP contribution is -2.43. The summed E-state index contributed by atoms with van der Waals surface area (Å²) < 4.78 is 0. The summed E-state index contributed by atoms with van der Waals surface area (Å²) in [5, 5.41) is 9.82. The molecule has 1 saturated carbocycles. The number of hydrogen-bond acceptors (Lipinski definition) is 3. The van der Waals surface area contributed by atoms with Crippen molar-refractivity contribution < 1.29 is 5.11 Å². The molecule has 3 atom stereocenters. The summed E-state index contributed by atoms with van der Waals surface area (Å²) in [6.07, 6.45) is 10.1. The molecule has 2 heterocycles. The molecule has 1 aliphatic carbocycles. The number of hydrogen-bond donors (Lipinski definition) is 1. The van der Waals surface area contributed by atoms with E-state index in [0.717, 1.165) is 18.9 Å². The minimum atomic E-state index is -0.0298. The highest BCUT2D eigenvalue weighted by atomic mass is 16.3. The Kier molecular flexibility index (Phi) is 4.22. The van der Waals surface area contributed by atoms with Gasteiger partial charge in [0.05, 0.1) is 6.10 Å². The lowest BCUT2D eigenvalue weighted by atomic mass is 9.92. The quantitative estimate of drug-likeness (QED) is 0.812. The van der Waals surface area contributed by atoms with Gasteiger partial charge in [-0.25, -0.2) is 0 Å². The highest BCUT2D eigenvalue weighted by Gasteiger charge is 2.33. The van der Waals surface area contributed by atoms with E-state index < -0.39 is 0 Å². The van der Waals surface area contributed by atoms with E-state index in [1.54, 1.807) is 0 Å². The number of aliphatic hydroxyl groups is 1. The van der Waals surface area contributed by atoms with Gasteiger partial charge in [-0.05, 0) is 58.0 Å². The zero-order valence-electron chi connectivity index (χ0n) is 11.6. The molecule has 0 amide bonds. The normalized spacial score (nSPS) is 40.2. The maximum atomic E-state index is 9.82. The highest BCUT2D eigenvalue weighted by Crippen LogP contribution is 2.28. The Labute approximate surface area is 111 Å². The van der Waals surface area contributed by atoms with Crippen LogP contribution in [0, 0.1) is 0 Å². The maximum Gasteiger partial charge on any atom is 0.0555 e. The predicted molar refractivity (Wildman–Crippen MR) is 73.7 cm³/mol. The number of aliphatic hydroxyl groups excluding tert-OH is 1. The van der Waals surface area contributed by atoms with Crippen LogP contribution in [0.5, 0.6) is 0 Å². The molecular formula is C15H28N2O. The smallest absolute Gasteiger partial charge is 0.0555 e. The molecule has 1 N–H and O–H groups in total. The van der Waals surface area contributed by atoms with Crippen LogP contribution in [-0.4, -0.2) is 59.3 Å². The molecular weight excluding hydrogens is 224 g/mol. The third-order valence-electron chi connectivity index (χ3n) is 5.24. The van der Waals surface area contributed by atoms with Crippen LogP contribution in [-0.2, 0) is 0 Å². The Bertz CT molecular complexity index is 265. The largest absolute Gasteiger partial charge is 0.393 e. The summed E-state index contributed by atoms with van der Waals surface area (Å²) in [7, 11) is 0. The Morgan fingerprint density at radius 1 is 0.722 bits per heavy atom. The van der Waals surface area contributed by atoms with Crippen molar-refractivity contribution in [3.8, 4) is 0 Å². The van der Waals surface area contributed by atoms with Gasteiger partial charge in [0.15, 0.2) is 0 Å². The van der Waals surface area contributed by atoms with E-state index in [4.69, 9.17) is 0 Å². The molecule has 2 saturated heterocycles. The van der Waals surface area contributed by atoms with E-state index in [1.807, 2.05) is 0 Å². The second-order valence-corrected chi connectivity index (χ2v) is 6.51. The molecule has 2 aliphatic heterocycles. The first kappa shape index (κ1) is 12.9. The molecule has 0 bridgehead atoms. The Balaban J connectivity index is 1.51. The molecule has 3 rings (SSSR count). The number of rotatable bonds is 2. The summed E-state index contributed by atoms with van der Waals surface area (Å²) in [6.45, 7) is 5.17. The zero-order chi connectivity index (χ0) is 12.4. The van der Waals surface area contributed by atoms with Crippen LogP contribution in [0.25, 0.3) is 0 Å². The molecule has 3 nitrogen and oxygen atoms in total. The molecule has 0 aromatic rings. The van der Waals surface area contributed by atoms with Crippen molar-refractivity contribution in [1.82, 2.24) is 9.80 Å². The van der Waals surface area contributed by atoms with Gasteiger partial charge >= 0.3 is 0 Å². The van der Waals surface area contributed by atoms with Gasteiger partial charge in [0.25, 0.3) is 0 Å². The van der Waals surface area contributed by atoms with E-state index in [-0.39, 0.29) is 6.10 Å². The Hall–Kier alpha value is -0.120. The molecule has 3 aliphatic rings. The van der Waals surface area contributed by atoms with Crippen LogP contribution >= 0.6 is 0 Å². The maximum absolute atomic E-state index is 9.82. The van der Waals surface area contributed by atoms with Crippen LogP contribution in [0.2, 0.25) is 0 Å². The molecule has 3 heteroatoms. The predicted octanol–water partition coefficient (Wildman–Crippen LogP) is 1.85. The molecule has 0 aromatic carbocycles. The summed E-state index contributed by atoms with van der Waals surface area (Å²) in [4.78, 5) is 5.39. The van der Waals surface area contributed by atoms with Gasteiger partial charge in [0.2, 0.25) is 0 Å². The zero-order valence-corrected chi connectivity index (χ0v) is 11.6. The monoisotopic (exact) mass is 252 g/mol. The van der Waals surface area contributed by atoms with Crippen molar-refractivity contribution in [3.05, 3.63) is 0 Å². The first-order chi connectivity index (χ1) is 8.83. The molecule has 104 valence electrons. The molecule has 3 fully saturated rings. The van der Waals surface area contributed by atoms with Crippen molar-refractivity contribution in [2.45, 2.75) is 69.6 Å². The van der Waals surface area contributed by atoms with E-state index in [1.165, 1.54) is 64.7 Å². The van der Waals surface area contributed by atoms with Gasteiger partial charge in [-0.1, -0.05) is 6.42 Å².